The zero-order chi connectivity index (χ0) is 23.8. The highest BCUT2D eigenvalue weighted by molar-refractivity contribution is 5.94. The Balaban J connectivity index is 1.80. The second-order valence-electron chi connectivity index (χ2n) is 8.24. The summed E-state index contributed by atoms with van der Waals surface area (Å²) in [6.45, 7) is 13.9. The predicted molar refractivity (Wildman–Crippen MR) is 135 cm³/mol. The van der Waals surface area contributed by atoms with E-state index < -0.39 is 11.6 Å². The van der Waals surface area contributed by atoms with Crippen molar-refractivity contribution in [1.82, 2.24) is 4.90 Å². The van der Waals surface area contributed by atoms with Crippen molar-refractivity contribution >= 4 is 28.6 Å². The van der Waals surface area contributed by atoms with Crippen LogP contribution in [0.5, 0.6) is 0 Å². The molecule has 0 bridgehead atoms. The molecule has 1 aromatic heterocycles. The quantitative estimate of drug-likeness (QED) is 0.323. The van der Waals surface area contributed by atoms with Crippen LogP contribution in [0.2, 0.25) is 0 Å². The fraction of sp³-hybridized carbons (Fsp3) is 0.393. The van der Waals surface area contributed by atoms with Crippen molar-refractivity contribution in [2.24, 2.45) is 0 Å². The van der Waals surface area contributed by atoms with Gasteiger partial charge < -0.3 is 9.80 Å². The third kappa shape index (κ3) is 6.17. The van der Waals surface area contributed by atoms with Crippen molar-refractivity contribution in [3.8, 4) is 0 Å². The van der Waals surface area contributed by atoms with Crippen molar-refractivity contribution in [3.05, 3.63) is 71.6 Å². The van der Waals surface area contributed by atoms with Crippen LogP contribution in [-0.4, -0.2) is 37.6 Å². The molecule has 33 heavy (non-hydrogen) atoms. The minimum atomic E-state index is -0.543. The summed E-state index contributed by atoms with van der Waals surface area (Å²) in [5.41, 5.74) is 2.11. The van der Waals surface area contributed by atoms with Crippen molar-refractivity contribution in [1.29, 1.82) is 0 Å². The number of rotatable bonds is 11. The first-order chi connectivity index (χ1) is 16.0. The Hall–Kier alpha value is -2.79. The lowest BCUT2D eigenvalue weighted by Crippen LogP contribution is -2.37. The topological polar surface area (TPSA) is 10.4 Å². The van der Waals surface area contributed by atoms with Crippen LogP contribution in [-0.2, 0) is 6.54 Å². The number of hydrogen-bond acceptors (Lipinski definition) is 2. The van der Waals surface area contributed by atoms with Crippen LogP contribution in [0, 0.1) is 11.6 Å². The highest BCUT2D eigenvalue weighted by atomic mass is 19.1. The van der Waals surface area contributed by atoms with Crippen LogP contribution in [0.1, 0.15) is 45.2 Å². The molecular formula is C28H36F2N3+. The zero-order valence-electron chi connectivity index (χ0n) is 20.3. The molecule has 0 spiro atoms. The van der Waals surface area contributed by atoms with E-state index in [2.05, 4.69) is 61.8 Å². The number of aryl methyl sites for hydroxylation is 1. The van der Waals surface area contributed by atoms with Gasteiger partial charge in [0.1, 0.15) is 6.54 Å². The number of anilines is 1. The Morgan fingerprint density at radius 3 is 2.18 bits per heavy atom. The molecule has 176 valence electrons. The molecule has 0 aliphatic heterocycles. The summed E-state index contributed by atoms with van der Waals surface area (Å²) in [5, 5.41) is 2.18. The van der Waals surface area contributed by atoms with E-state index in [1.807, 2.05) is 12.1 Å². The lowest BCUT2D eigenvalue weighted by molar-refractivity contribution is -0.700. The molecule has 0 saturated carbocycles. The lowest BCUT2D eigenvalue weighted by atomic mass is 10.0. The molecule has 0 aliphatic rings. The average Bonchev–Trinajstić information content (AvgIpc) is 2.82. The first-order valence-corrected chi connectivity index (χ1v) is 12.1. The summed E-state index contributed by atoms with van der Waals surface area (Å²) < 4.78 is 31.1. The Morgan fingerprint density at radius 1 is 0.848 bits per heavy atom. The van der Waals surface area contributed by atoms with Gasteiger partial charge in [-0.1, -0.05) is 44.2 Å². The fourth-order valence-corrected chi connectivity index (χ4v) is 4.29. The summed E-state index contributed by atoms with van der Waals surface area (Å²) >= 11 is 0. The molecule has 3 aromatic rings. The van der Waals surface area contributed by atoms with Gasteiger partial charge in [0.2, 0.25) is 12.4 Å². The average molecular weight is 453 g/mol. The molecule has 0 unspecified atom stereocenters. The highest BCUT2D eigenvalue weighted by Gasteiger charge is 2.15. The van der Waals surface area contributed by atoms with E-state index in [0.29, 0.717) is 6.54 Å². The Morgan fingerprint density at radius 2 is 1.55 bits per heavy atom. The van der Waals surface area contributed by atoms with Gasteiger partial charge >= 0.3 is 0 Å². The summed E-state index contributed by atoms with van der Waals surface area (Å²) in [7, 11) is 0. The van der Waals surface area contributed by atoms with E-state index >= 15 is 0 Å². The van der Waals surface area contributed by atoms with Crippen LogP contribution in [0.15, 0.2) is 48.8 Å². The van der Waals surface area contributed by atoms with Crippen LogP contribution in [0.4, 0.5) is 14.5 Å². The van der Waals surface area contributed by atoms with E-state index in [9.17, 15) is 8.78 Å². The van der Waals surface area contributed by atoms with Gasteiger partial charge in [-0.2, -0.15) is 13.3 Å². The van der Waals surface area contributed by atoms with Crippen molar-refractivity contribution in [2.45, 2.75) is 40.7 Å². The second-order valence-corrected chi connectivity index (χ2v) is 8.24. The predicted octanol–water partition coefficient (Wildman–Crippen LogP) is 6.15. The Labute approximate surface area is 197 Å². The van der Waals surface area contributed by atoms with Crippen LogP contribution in [0.25, 0.3) is 22.9 Å². The first kappa shape index (κ1) is 24.8. The minimum Gasteiger partial charge on any atom is -0.372 e. The molecule has 0 radical (unpaired) electrons. The van der Waals surface area contributed by atoms with Gasteiger partial charge in [-0.05, 0) is 61.5 Å². The zero-order valence-corrected chi connectivity index (χ0v) is 20.3. The molecule has 0 N–H and O–H groups in total. The van der Waals surface area contributed by atoms with E-state index in [1.54, 1.807) is 10.6 Å². The third-order valence-electron chi connectivity index (χ3n) is 6.31. The van der Waals surface area contributed by atoms with Gasteiger partial charge in [0, 0.05) is 31.7 Å². The minimum absolute atomic E-state index is 0.00763. The van der Waals surface area contributed by atoms with Crippen LogP contribution >= 0.6 is 0 Å². The number of fused-ring (bicyclic) bond motifs is 1. The van der Waals surface area contributed by atoms with Gasteiger partial charge in [-0.15, -0.1) is 0 Å². The summed E-state index contributed by atoms with van der Waals surface area (Å²) in [6, 6.07) is 12.4. The highest BCUT2D eigenvalue weighted by Crippen LogP contribution is 2.26. The molecule has 0 aliphatic carbocycles. The molecule has 3 rings (SSSR count). The third-order valence-corrected chi connectivity index (χ3v) is 6.31. The van der Waals surface area contributed by atoms with Crippen molar-refractivity contribution < 1.29 is 13.3 Å². The summed E-state index contributed by atoms with van der Waals surface area (Å²) in [5.74, 6) is -1.09. The van der Waals surface area contributed by atoms with Crippen molar-refractivity contribution in [3.63, 3.8) is 0 Å². The molecule has 0 saturated heterocycles. The standard InChI is InChI=1S/C28H36F2N3/c1-5-31(6-2)17-10-18-32-20-27(29)26(28(30)21-32)15-13-22-11-9-12-23-19-24(14-16-25(22)23)33(7-3)8-4/h9,11-16,19-21H,5-8,10,17-18H2,1-4H3/q+1/b15-13+. The Bertz CT molecular complexity index is 1060. The number of pyridine rings is 1. The van der Waals surface area contributed by atoms with Gasteiger partial charge in [0.05, 0.1) is 5.56 Å². The molecule has 0 fully saturated rings. The molecule has 2 aromatic carbocycles. The largest absolute Gasteiger partial charge is 0.372 e. The maximum atomic E-state index is 14.7. The van der Waals surface area contributed by atoms with Crippen LogP contribution in [0.3, 0.4) is 0 Å². The van der Waals surface area contributed by atoms with E-state index in [0.717, 1.165) is 55.5 Å². The molecule has 1 heterocycles. The summed E-state index contributed by atoms with van der Waals surface area (Å²) in [6.07, 6.45) is 6.98. The van der Waals surface area contributed by atoms with Gasteiger partial charge in [0.15, 0.2) is 11.6 Å². The first-order valence-electron chi connectivity index (χ1n) is 12.1. The van der Waals surface area contributed by atoms with Gasteiger partial charge in [0.25, 0.3) is 0 Å². The maximum absolute atomic E-state index is 14.7. The number of halogens is 2. The van der Waals surface area contributed by atoms with Crippen molar-refractivity contribution in [2.75, 3.05) is 37.6 Å². The maximum Gasteiger partial charge on any atom is 0.205 e. The number of aromatic nitrogens is 1. The molecule has 5 heteroatoms. The van der Waals surface area contributed by atoms with Gasteiger partial charge in [-0.25, -0.2) is 0 Å². The molecular weight excluding hydrogens is 416 g/mol. The fourth-order valence-electron chi connectivity index (χ4n) is 4.29. The number of hydrogen-bond donors (Lipinski definition) is 0. The summed E-state index contributed by atoms with van der Waals surface area (Å²) in [4.78, 5) is 4.60. The smallest absolute Gasteiger partial charge is 0.205 e. The normalized spacial score (nSPS) is 11.7. The lowest BCUT2D eigenvalue weighted by Gasteiger charge is -2.21. The van der Waals surface area contributed by atoms with E-state index in [-0.39, 0.29) is 5.56 Å². The monoisotopic (exact) mass is 452 g/mol. The number of nitrogens with zero attached hydrogens (tertiary/aromatic N) is 3. The molecule has 3 nitrogen and oxygen atoms in total. The SMILES string of the molecule is CCN(CC)CCC[n+]1cc(F)c(/C=C/c2cccc3cc(N(CC)CC)ccc23)c(F)c1. The Kier molecular flexibility index (Phi) is 8.95. The molecule has 0 atom stereocenters. The van der Waals surface area contributed by atoms with Crippen LogP contribution < -0.4 is 9.47 Å². The van der Waals surface area contributed by atoms with E-state index in [1.165, 1.54) is 24.2 Å². The number of benzene rings is 2. The second kappa shape index (κ2) is 11.9. The van der Waals surface area contributed by atoms with Gasteiger partial charge in [-0.3, -0.25) is 0 Å². The van der Waals surface area contributed by atoms with E-state index in [4.69, 9.17) is 0 Å². The molecule has 0 amide bonds.